The van der Waals surface area contributed by atoms with Crippen molar-refractivity contribution in [2.45, 2.75) is 12.8 Å². The van der Waals surface area contributed by atoms with Crippen molar-refractivity contribution in [2.75, 3.05) is 34.0 Å². The maximum Gasteiger partial charge on any atom is 0.310 e. The molecule has 0 N–H and O–H groups in total. The summed E-state index contributed by atoms with van der Waals surface area (Å²) < 4.78 is 43.8. The van der Waals surface area contributed by atoms with Crippen LogP contribution in [0.25, 0.3) is 0 Å². The summed E-state index contributed by atoms with van der Waals surface area (Å²) in [4.78, 5) is 11.4. The Labute approximate surface area is 121 Å². The molecule has 0 bridgehead atoms. The van der Waals surface area contributed by atoms with Crippen molar-refractivity contribution >= 4 is 5.97 Å². The Bertz CT molecular complexity index is 451. The predicted molar refractivity (Wildman–Crippen MR) is 71.0 cm³/mol. The average molecular weight is 304 g/mol. The lowest BCUT2D eigenvalue weighted by Gasteiger charge is -2.14. The fourth-order valence-corrected chi connectivity index (χ4v) is 1.63. The molecule has 0 atom stereocenters. The first-order valence-corrected chi connectivity index (χ1v) is 6.29. The second-order valence-electron chi connectivity index (χ2n) is 4.02. The van der Waals surface area contributed by atoms with Crippen LogP contribution in [0.5, 0.6) is 11.5 Å². The highest BCUT2D eigenvalue weighted by Crippen LogP contribution is 2.31. The summed E-state index contributed by atoms with van der Waals surface area (Å²) in [6, 6.07) is 5.10. The zero-order chi connectivity index (χ0) is 15.7. The van der Waals surface area contributed by atoms with Crippen LogP contribution in [0.4, 0.5) is 8.78 Å². The molecule has 1 rings (SSSR count). The van der Waals surface area contributed by atoms with E-state index in [1.54, 1.807) is 18.2 Å². The zero-order valence-corrected chi connectivity index (χ0v) is 11.9. The van der Waals surface area contributed by atoms with Gasteiger partial charge in [-0.2, -0.15) is 0 Å². The molecule has 0 unspecified atom stereocenters. The van der Waals surface area contributed by atoms with Gasteiger partial charge in [0.15, 0.2) is 11.5 Å². The van der Waals surface area contributed by atoms with E-state index in [2.05, 4.69) is 4.74 Å². The van der Waals surface area contributed by atoms with Gasteiger partial charge in [0.2, 0.25) is 0 Å². The van der Waals surface area contributed by atoms with Gasteiger partial charge in [0.25, 0.3) is 6.43 Å². The van der Waals surface area contributed by atoms with Crippen LogP contribution in [0, 0.1) is 0 Å². The molecule has 0 aliphatic heterocycles. The lowest BCUT2D eigenvalue weighted by Crippen LogP contribution is -2.13. The van der Waals surface area contributed by atoms with Crippen molar-refractivity contribution in [3.63, 3.8) is 0 Å². The summed E-state index contributed by atoms with van der Waals surface area (Å²) in [5.41, 5.74) is 0.593. The Morgan fingerprint density at radius 3 is 2.62 bits per heavy atom. The Morgan fingerprint density at radius 1 is 1.24 bits per heavy atom. The summed E-state index contributed by atoms with van der Waals surface area (Å²) in [5, 5.41) is 0. The minimum absolute atomic E-state index is 0.0139. The first-order valence-electron chi connectivity index (χ1n) is 6.29. The molecule has 118 valence electrons. The molecule has 1 aromatic carbocycles. The van der Waals surface area contributed by atoms with Gasteiger partial charge in [-0.3, -0.25) is 4.79 Å². The number of hydrogen-bond donors (Lipinski definition) is 0. The highest BCUT2D eigenvalue weighted by atomic mass is 19.3. The number of rotatable bonds is 9. The predicted octanol–water partition coefficient (Wildman–Crippen LogP) is 2.07. The molecule has 0 fully saturated rings. The van der Waals surface area contributed by atoms with Crippen LogP contribution >= 0.6 is 0 Å². The standard InChI is InChI=1S/C14H18F2O5/c1-18-11-5-3-4-10(8-13(17)19-2)14(11)21-7-6-20-9-12(15)16/h3-5,12H,6-9H2,1-2H3. The summed E-state index contributed by atoms with van der Waals surface area (Å²) in [6.07, 6.45) is -2.48. The van der Waals surface area contributed by atoms with Crippen LogP contribution in [0.1, 0.15) is 5.56 Å². The van der Waals surface area contributed by atoms with Crippen LogP contribution in [0.15, 0.2) is 18.2 Å². The van der Waals surface area contributed by atoms with Gasteiger partial charge in [-0.05, 0) is 6.07 Å². The Morgan fingerprint density at radius 2 is 2.00 bits per heavy atom. The van der Waals surface area contributed by atoms with Crippen LogP contribution in [-0.4, -0.2) is 46.4 Å². The maximum absolute atomic E-state index is 11.9. The first-order chi connectivity index (χ1) is 10.1. The second-order valence-corrected chi connectivity index (χ2v) is 4.02. The van der Waals surface area contributed by atoms with Gasteiger partial charge < -0.3 is 18.9 Å². The number of benzene rings is 1. The summed E-state index contributed by atoms with van der Waals surface area (Å²) in [7, 11) is 2.76. The molecular weight excluding hydrogens is 286 g/mol. The minimum Gasteiger partial charge on any atom is -0.493 e. The van der Waals surface area contributed by atoms with Gasteiger partial charge in [-0.25, -0.2) is 8.78 Å². The molecule has 0 aliphatic rings. The monoisotopic (exact) mass is 304 g/mol. The Kier molecular flexibility index (Phi) is 7.45. The van der Waals surface area contributed by atoms with Gasteiger partial charge in [-0.1, -0.05) is 12.1 Å². The van der Waals surface area contributed by atoms with Crippen LogP contribution in [-0.2, 0) is 20.7 Å². The second kappa shape index (κ2) is 9.12. The van der Waals surface area contributed by atoms with Gasteiger partial charge in [-0.15, -0.1) is 0 Å². The van der Waals surface area contributed by atoms with Crippen molar-refractivity contribution in [2.24, 2.45) is 0 Å². The zero-order valence-electron chi connectivity index (χ0n) is 11.9. The molecule has 0 aromatic heterocycles. The van der Waals surface area contributed by atoms with E-state index in [4.69, 9.17) is 14.2 Å². The topological polar surface area (TPSA) is 54.0 Å². The average Bonchev–Trinajstić information content (AvgIpc) is 2.47. The minimum atomic E-state index is -2.51. The number of ether oxygens (including phenoxy) is 4. The molecule has 5 nitrogen and oxygen atoms in total. The van der Waals surface area contributed by atoms with Gasteiger partial charge in [0.1, 0.15) is 13.2 Å². The number of alkyl halides is 2. The molecule has 0 aliphatic carbocycles. The quantitative estimate of drug-likeness (QED) is 0.516. The Hall–Kier alpha value is -1.89. The van der Waals surface area contributed by atoms with Crippen molar-refractivity contribution < 1.29 is 32.5 Å². The molecule has 7 heteroatoms. The van der Waals surface area contributed by atoms with Gasteiger partial charge in [0, 0.05) is 5.56 Å². The number of hydrogen-bond acceptors (Lipinski definition) is 5. The molecule has 0 radical (unpaired) electrons. The van der Waals surface area contributed by atoms with Crippen molar-refractivity contribution in [1.29, 1.82) is 0 Å². The van der Waals surface area contributed by atoms with Crippen LogP contribution < -0.4 is 9.47 Å². The molecule has 0 amide bonds. The maximum atomic E-state index is 11.9. The number of methoxy groups -OCH3 is 2. The number of carbonyl (C=O) groups excluding carboxylic acids is 1. The van der Waals surface area contributed by atoms with Crippen molar-refractivity contribution in [1.82, 2.24) is 0 Å². The van der Waals surface area contributed by atoms with E-state index in [9.17, 15) is 13.6 Å². The van der Waals surface area contributed by atoms with E-state index < -0.39 is 19.0 Å². The highest BCUT2D eigenvalue weighted by molar-refractivity contribution is 5.74. The number of esters is 1. The fourth-order valence-electron chi connectivity index (χ4n) is 1.63. The van der Waals surface area contributed by atoms with E-state index in [1.807, 2.05) is 0 Å². The van der Waals surface area contributed by atoms with Crippen molar-refractivity contribution in [3.8, 4) is 11.5 Å². The third-order valence-electron chi connectivity index (χ3n) is 2.56. The number of halogens is 2. The molecule has 0 spiro atoms. The van der Waals surface area contributed by atoms with Crippen LogP contribution in [0.2, 0.25) is 0 Å². The summed E-state index contributed by atoms with van der Waals surface area (Å²) >= 11 is 0. The first kappa shape index (κ1) is 17.2. The highest BCUT2D eigenvalue weighted by Gasteiger charge is 2.14. The SMILES string of the molecule is COC(=O)Cc1cccc(OC)c1OCCOCC(F)F. The van der Waals surface area contributed by atoms with E-state index >= 15 is 0 Å². The largest absolute Gasteiger partial charge is 0.493 e. The molecule has 0 saturated heterocycles. The number of para-hydroxylation sites is 1. The normalized spacial score (nSPS) is 10.5. The Balaban J connectivity index is 2.66. The lowest BCUT2D eigenvalue weighted by molar-refractivity contribution is -0.139. The molecule has 0 saturated carbocycles. The van der Waals surface area contributed by atoms with Gasteiger partial charge >= 0.3 is 5.97 Å². The summed E-state index contributed by atoms with van der Waals surface area (Å²) in [6.45, 7) is -0.550. The lowest BCUT2D eigenvalue weighted by atomic mass is 10.1. The molecule has 0 heterocycles. The third kappa shape index (κ3) is 5.95. The van der Waals surface area contributed by atoms with E-state index in [0.717, 1.165) is 0 Å². The van der Waals surface area contributed by atoms with Gasteiger partial charge in [0.05, 0.1) is 27.2 Å². The van der Waals surface area contributed by atoms with E-state index in [1.165, 1.54) is 14.2 Å². The van der Waals surface area contributed by atoms with E-state index in [-0.39, 0.29) is 19.6 Å². The molecular formula is C14H18F2O5. The summed E-state index contributed by atoms with van der Waals surface area (Å²) in [5.74, 6) is 0.415. The smallest absolute Gasteiger partial charge is 0.310 e. The third-order valence-corrected chi connectivity index (χ3v) is 2.56. The van der Waals surface area contributed by atoms with Crippen molar-refractivity contribution in [3.05, 3.63) is 23.8 Å². The molecule has 1 aromatic rings. The number of carbonyl (C=O) groups is 1. The molecule has 21 heavy (non-hydrogen) atoms. The van der Waals surface area contributed by atoms with E-state index in [0.29, 0.717) is 17.1 Å². The van der Waals surface area contributed by atoms with Crippen LogP contribution in [0.3, 0.4) is 0 Å². The fraction of sp³-hybridized carbons (Fsp3) is 0.500.